The summed E-state index contributed by atoms with van der Waals surface area (Å²) in [7, 11) is 0. The Morgan fingerprint density at radius 3 is 2.04 bits per heavy atom. The van der Waals surface area contributed by atoms with Gasteiger partial charge in [-0.15, -0.1) is 0 Å². The lowest BCUT2D eigenvalue weighted by Gasteiger charge is -2.39. The largest absolute Gasteiger partial charge is 0.339 e. The number of carbonyl (C=O) groups excluding carboxylic acids is 1. The number of hydrogen-bond donors (Lipinski definition) is 1. The fraction of sp³-hybridized carbons (Fsp3) is 0.458. The Labute approximate surface area is 168 Å². The van der Waals surface area contributed by atoms with Crippen LogP contribution in [-0.4, -0.2) is 42.0 Å². The molecule has 0 spiro atoms. The maximum Gasteiger partial charge on any atom is 0.253 e. The van der Waals surface area contributed by atoms with E-state index in [1.54, 1.807) is 0 Å². The molecule has 4 heteroatoms. The van der Waals surface area contributed by atoms with Gasteiger partial charge in [-0.25, -0.2) is 0 Å². The molecule has 2 aliphatic rings. The van der Waals surface area contributed by atoms with Crippen molar-refractivity contribution < 1.29 is 4.79 Å². The Morgan fingerprint density at radius 1 is 0.893 bits per heavy atom. The van der Waals surface area contributed by atoms with E-state index in [2.05, 4.69) is 52.7 Å². The van der Waals surface area contributed by atoms with E-state index in [1.807, 2.05) is 30.9 Å². The highest BCUT2D eigenvalue weighted by Gasteiger charge is 2.36. The molecule has 1 amide bonds. The van der Waals surface area contributed by atoms with Gasteiger partial charge in [0.15, 0.2) is 0 Å². The maximum absolute atomic E-state index is 12.7. The molecule has 2 fully saturated rings. The molecule has 0 aromatic heterocycles. The van der Waals surface area contributed by atoms with Crippen molar-refractivity contribution in [2.75, 3.05) is 18.0 Å². The number of para-hydroxylation sites is 1. The van der Waals surface area contributed by atoms with Crippen LogP contribution in [0.1, 0.15) is 49.9 Å². The molecule has 0 saturated carbocycles. The van der Waals surface area contributed by atoms with E-state index in [0.717, 1.165) is 18.7 Å². The zero-order valence-corrected chi connectivity index (χ0v) is 17.0. The van der Waals surface area contributed by atoms with Crippen molar-refractivity contribution >= 4 is 17.3 Å². The lowest BCUT2D eigenvalue weighted by Crippen LogP contribution is -2.46. The summed E-state index contributed by atoms with van der Waals surface area (Å²) in [6.07, 6.45) is 4.93. The Kier molecular flexibility index (Phi) is 5.67. The minimum Gasteiger partial charge on any atom is -0.339 e. The first kappa shape index (κ1) is 19.0. The summed E-state index contributed by atoms with van der Waals surface area (Å²) in [5.41, 5.74) is 3.18. The number of fused-ring (bicyclic) bond motifs is 2. The Bertz CT molecular complexity index is 773. The van der Waals surface area contributed by atoms with Gasteiger partial charge >= 0.3 is 0 Å². The van der Waals surface area contributed by atoms with Gasteiger partial charge in [-0.2, -0.15) is 0 Å². The van der Waals surface area contributed by atoms with Crippen LogP contribution in [0, 0.1) is 0 Å². The van der Waals surface area contributed by atoms with E-state index < -0.39 is 0 Å². The normalized spacial score (nSPS) is 23.4. The Balaban J connectivity index is 1.62. The second kappa shape index (κ2) is 8.36. The number of nitrogens with zero attached hydrogens (tertiary/aromatic N) is 2. The van der Waals surface area contributed by atoms with Crippen LogP contribution in [0.15, 0.2) is 54.6 Å². The maximum atomic E-state index is 12.7. The van der Waals surface area contributed by atoms with Crippen LogP contribution in [0.3, 0.4) is 0 Å². The predicted octanol–water partition coefficient (Wildman–Crippen LogP) is 4.59. The third kappa shape index (κ3) is 3.79. The van der Waals surface area contributed by atoms with Gasteiger partial charge < -0.3 is 15.1 Å². The third-order valence-electron chi connectivity index (χ3n) is 6.29. The Hall–Kier alpha value is -2.33. The van der Waals surface area contributed by atoms with Crippen LogP contribution in [0.25, 0.3) is 0 Å². The first-order valence-corrected chi connectivity index (χ1v) is 10.7. The summed E-state index contributed by atoms with van der Waals surface area (Å²) in [6.45, 7) is 5.53. The van der Waals surface area contributed by atoms with E-state index in [-0.39, 0.29) is 5.91 Å². The number of nitrogens with one attached hydrogen (secondary N) is 1. The lowest BCUT2D eigenvalue weighted by molar-refractivity contribution is 0.0773. The highest BCUT2D eigenvalue weighted by molar-refractivity contribution is 5.94. The predicted molar refractivity (Wildman–Crippen MR) is 115 cm³/mol. The smallest absolute Gasteiger partial charge is 0.253 e. The fourth-order valence-corrected chi connectivity index (χ4v) is 4.86. The highest BCUT2D eigenvalue weighted by Crippen LogP contribution is 2.37. The summed E-state index contributed by atoms with van der Waals surface area (Å²) in [4.78, 5) is 17.0. The van der Waals surface area contributed by atoms with Crippen LogP contribution < -0.4 is 10.2 Å². The van der Waals surface area contributed by atoms with Crippen molar-refractivity contribution in [3.63, 3.8) is 0 Å². The Morgan fingerprint density at radius 2 is 1.46 bits per heavy atom. The van der Waals surface area contributed by atoms with Crippen molar-refractivity contribution in [2.45, 2.75) is 57.7 Å². The van der Waals surface area contributed by atoms with E-state index in [9.17, 15) is 4.79 Å². The molecule has 0 aliphatic carbocycles. The molecule has 1 N–H and O–H groups in total. The number of piperidine rings is 1. The molecular weight excluding hydrogens is 346 g/mol. The van der Waals surface area contributed by atoms with Crippen molar-refractivity contribution in [1.82, 2.24) is 10.2 Å². The summed E-state index contributed by atoms with van der Waals surface area (Å²) < 4.78 is 0. The van der Waals surface area contributed by atoms with Gasteiger partial charge in [0.25, 0.3) is 5.91 Å². The monoisotopic (exact) mass is 377 g/mol. The topological polar surface area (TPSA) is 35.6 Å². The standard InChI is InChI=1S/C24H31N3O/c1-3-26(4-2)24(28)18-10-14-22(15-11-18)27(21-8-6-5-7-9-21)23-16-19-12-13-20(17-23)25-19/h5-11,14-15,19-20,23,25H,3-4,12-13,16-17H2,1-2H3/t19-,20+,23?. The molecular formula is C24H31N3O. The van der Waals surface area contributed by atoms with Crippen LogP contribution in [-0.2, 0) is 0 Å². The van der Waals surface area contributed by atoms with Crippen molar-refractivity contribution in [3.05, 3.63) is 60.2 Å². The van der Waals surface area contributed by atoms with Gasteiger partial charge in [-0.3, -0.25) is 4.79 Å². The average molecular weight is 378 g/mol. The van der Waals surface area contributed by atoms with Crippen LogP contribution in [0.5, 0.6) is 0 Å². The second-order valence-electron chi connectivity index (χ2n) is 7.99. The van der Waals surface area contributed by atoms with Gasteiger partial charge in [0, 0.05) is 48.2 Å². The molecule has 28 heavy (non-hydrogen) atoms. The molecule has 2 aromatic carbocycles. The van der Waals surface area contributed by atoms with E-state index in [0.29, 0.717) is 18.1 Å². The van der Waals surface area contributed by atoms with Gasteiger partial charge in [0.1, 0.15) is 0 Å². The fourth-order valence-electron chi connectivity index (χ4n) is 4.86. The summed E-state index contributed by atoms with van der Waals surface area (Å²) in [5.74, 6) is 0.114. The third-order valence-corrected chi connectivity index (χ3v) is 6.29. The minimum atomic E-state index is 0.114. The zero-order chi connectivity index (χ0) is 19.5. The molecule has 1 unspecified atom stereocenters. The molecule has 4 rings (SSSR count). The van der Waals surface area contributed by atoms with Gasteiger partial charge in [-0.1, -0.05) is 18.2 Å². The molecule has 2 aliphatic heterocycles. The van der Waals surface area contributed by atoms with Gasteiger partial charge in [-0.05, 0) is 75.9 Å². The van der Waals surface area contributed by atoms with E-state index >= 15 is 0 Å². The highest BCUT2D eigenvalue weighted by atomic mass is 16.2. The minimum absolute atomic E-state index is 0.114. The summed E-state index contributed by atoms with van der Waals surface area (Å²) in [5, 5.41) is 3.75. The average Bonchev–Trinajstić information content (AvgIpc) is 3.08. The van der Waals surface area contributed by atoms with Crippen LogP contribution >= 0.6 is 0 Å². The van der Waals surface area contributed by atoms with Crippen molar-refractivity contribution in [3.8, 4) is 0 Å². The SMILES string of the molecule is CCN(CC)C(=O)c1ccc(N(c2ccccc2)C2C[C@H]3CC[C@@H](C2)N3)cc1. The van der Waals surface area contributed by atoms with Crippen molar-refractivity contribution in [2.24, 2.45) is 0 Å². The molecule has 3 atom stereocenters. The first-order valence-electron chi connectivity index (χ1n) is 10.7. The quantitative estimate of drug-likeness (QED) is 0.800. The van der Waals surface area contributed by atoms with E-state index in [1.165, 1.54) is 37.1 Å². The number of benzene rings is 2. The molecule has 148 valence electrons. The molecule has 0 radical (unpaired) electrons. The molecule has 2 bridgehead atoms. The molecule has 2 aromatic rings. The summed E-state index contributed by atoms with van der Waals surface area (Å²) in [6, 6.07) is 20.6. The molecule has 2 saturated heterocycles. The number of rotatable bonds is 6. The van der Waals surface area contributed by atoms with Crippen LogP contribution in [0.2, 0.25) is 0 Å². The van der Waals surface area contributed by atoms with Crippen LogP contribution in [0.4, 0.5) is 11.4 Å². The number of hydrogen-bond acceptors (Lipinski definition) is 3. The van der Waals surface area contributed by atoms with E-state index in [4.69, 9.17) is 0 Å². The van der Waals surface area contributed by atoms with Gasteiger partial charge in [0.05, 0.1) is 0 Å². The number of anilines is 2. The second-order valence-corrected chi connectivity index (χ2v) is 7.99. The molecule has 4 nitrogen and oxygen atoms in total. The molecule has 2 heterocycles. The lowest BCUT2D eigenvalue weighted by atomic mass is 9.96. The number of carbonyl (C=O) groups is 1. The summed E-state index contributed by atoms with van der Waals surface area (Å²) >= 11 is 0. The van der Waals surface area contributed by atoms with Gasteiger partial charge in [0.2, 0.25) is 0 Å². The van der Waals surface area contributed by atoms with Crippen molar-refractivity contribution in [1.29, 1.82) is 0 Å². The number of amides is 1. The first-order chi connectivity index (χ1) is 13.7. The zero-order valence-electron chi connectivity index (χ0n) is 17.0.